The molecule has 4 fully saturated rings. The number of fused-ring (bicyclic) bond motifs is 1. The van der Waals surface area contributed by atoms with Gasteiger partial charge in [-0.3, -0.25) is 15.6 Å². The molecular weight excluding hydrogens is 436 g/mol. The first-order valence-electron chi connectivity index (χ1n) is 13.9. The van der Waals surface area contributed by atoms with Crippen molar-refractivity contribution in [3.8, 4) is 0 Å². The van der Waals surface area contributed by atoms with Crippen molar-refractivity contribution in [2.24, 2.45) is 11.8 Å². The van der Waals surface area contributed by atoms with Crippen LogP contribution < -0.4 is 21.4 Å². The van der Waals surface area contributed by atoms with Gasteiger partial charge in [-0.1, -0.05) is 24.3 Å². The molecule has 0 spiro atoms. The Kier molecular flexibility index (Phi) is 8.41. The van der Waals surface area contributed by atoms with Gasteiger partial charge in [-0.2, -0.15) is 0 Å². The fourth-order valence-corrected chi connectivity index (χ4v) is 6.50. The molecule has 0 radical (unpaired) electrons. The lowest BCUT2D eigenvalue weighted by Gasteiger charge is -2.49. The molecule has 5 rings (SSSR count). The van der Waals surface area contributed by atoms with Crippen LogP contribution in [0.4, 0.5) is 0 Å². The van der Waals surface area contributed by atoms with Crippen molar-refractivity contribution in [1.82, 2.24) is 41.1 Å². The molecule has 3 heterocycles. The third-order valence-electron chi connectivity index (χ3n) is 8.52. The molecule has 1 aromatic carbocycles. The molecular formula is C27H48N8. The van der Waals surface area contributed by atoms with Gasteiger partial charge in [0.05, 0.1) is 18.5 Å². The first-order valence-corrected chi connectivity index (χ1v) is 13.9. The normalized spacial score (nSPS) is 32.9. The summed E-state index contributed by atoms with van der Waals surface area (Å²) in [6.07, 6.45) is 6.24. The Balaban J connectivity index is 1.31. The van der Waals surface area contributed by atoms with Crippen LogP contribution in [0.2, 0.25) is 0 Å². The first-order chi connectivity index (χ1) is 17.0. The Bertz CT molecular complexity index is 816. The second-order valence-corrected chi connectivity index (χ2v) is 11.6. The van der Waals surface area contributed by atoms with Crippen LogP contribution in [0.5, 0.6) is 0 Å². The molecule has 1 aromatic rings. The topological polar surface area (TPSA) is 61.1 Å². The van der Waals surface area contributed by atoms with Crippen LogP contribution in [0, 0.1) is 11.8 Å². The van der Waals surface area contributed by atoms with Gasteiger partial charge in [0, 0.05) is 51.2 Å². The van der Waals surface area contributed by atoms with Gasteiger partial charge in [0.25, 0.3) is 0 Å². The van der Waals surface area contributed by atoms with E-state index in [0.717, 1.165) is 38.6 Å². The van der Waals surface area contributed by atoms with Gasteiger partial charge in [-0.25, -0.2) is 5.01 Å². The zero-order valence-electron chi connectivity index (χ0n) is 22.3. The van der Waals surface area contributed by atoms with E-state index in [1.807, 2.05) is 7.05 Å². The molecule has 5 atom stereocenters. The standard InChI is InChI=1S/C27H48N8/c1-28-12-14-33(3)18-20-7-5-9-22(15-20)26-31-25(29-16-21-8-6-13-32(2)19-21)24-17-30-35(23-10-11-23)27(24)34(26)4/h5,7,9,15,21,23-31H,6,8,10-14,16-19H2,1-4H3. The number of hydrogen-bond donors (Lipinski definition) is 4. The predicted octanol–water partition coefficient (Wildman–Crippen LogP) is 1.05. The van der Waals surface area contributed by atoms with E-state index in [-0.39, 0.29) is 6.17 Å². The lowest BCUT2D eigenvalue weighted by Crippen LogP contribution is -2.66. The van der Waals surface area contributed by atoms with Gasteiger partial charge >= 0.3 is 0 Å². The second-order valence-electron chi connectivity index (χ2n) is 11.6. The summed E-state index contributed by atoms with van der Waals surface area (Å²) in [5.74, 6) is 1.28. The minimum atomic E-state index is 0.200. The third-order valence-corrected chi connectivity index (χ3v) is 8.52. The highest BCUT2D eigenvalue weighted by molar-refractivity contribution is 5.27. The summed E-state index contributed by atoms with van der Waals surface area (Å²) in [6.45, 7) is 7.65. The number of likely N-dealkylation sites (tertiary alicyclic amines) is 1. The smallest absolute Gasteiger partial charge is 0.0883 e. The van der Waals surface area contributed by atoms with E-state index >= 15 is 0 Å². The molecule has 0 aromatic heterocycles. The minimum absolute atomic E-state index is 0.200. The minimum Gasteiger partial charge on any atom is -0.318 e. The quantitative estimate of drug-likeness (QED) is 0.393. The highest BCUT2D eigenvalue weighted by Crippen LogP contribution is 2.39. The summed E-state index contributed by atoms with van der Waals surface area (Å²) in [6, 6.07) is 9.94. The van der Waals surface area contributed by atoms with E-state index < -0.39 is 0 Å². The van der Waals surface area contributed by atoms with E-state index in [1.165, 1.54) is 49.9 Å². The summed E-state index contributed by atoms with van der Waals surface area (Å²) >= 11 is 0. The molecule has 35 heavy (non-hydrogen) atoms. The maximum Gasteiger partial charge on any atom is 0.0883 e. The maximum atomic E-state index is 4.05. The van der Waals surface area contributed by atoms with Crippen molar-refractivity contribution in [3.05, 3.63) is 35.4 Å². The van der Waals surface area contributed by atoms with Crippen LogP contribution in [0.3, 0.4) is 0 Å². The van der Waals surface area contributed by atoms with Crippen LogP contribution in [0.15, 0.2) is 24.3 Å². The maximum absolute atomic E-state index is 4.05. The third kappa shape index (κ3) is 6.08. The Hall–Kier alpha value is -1.10. The molecule has 8 nitrogen and oxygen atoms in total. The fraction of sp³-hybridized carbons (Fsp3) is 0.778. The summed E-state index contributed by atoms with van der Waals surface area (Å²) in [5.41, 5.74) is 6.54. The molecule has 8 heteroatoms. The number of piperidine rings is 1. The number of likely N-dealkylation sites (N-methyl/N-ethyl adjacent to an activating group) is 2. The van der Waals surface area contributed by atoms with Crippen molar-refractivity contribution in [1.29, 1.82) is 0 Å². The van der Waals surface area contributed by atoms with E-state index in [0.29, 0.717) is 24.3 Å². The molecule has 1 aliphatic carbocycles. The van der Waals surface area contributed by atoms with Gasteiger partial charge in [0.2, 0.25) is 0 Å². The molecule has 1 saturated carbocycles. The largest absolute Gasteiger partial charge is 0.318 e. The number of nitrogens with zero attached hydrogens (tertiary/aromatic N) is 4. The number of nitrogens with one attached hydrogen (secondary N) is 4. The zero-order chi connectivity index (χ0) is 24.4. The van der Waals surface area contributed by atoms with Crippen LogP contribution in [0.1, 0.15) is 43.0 Å². The highest BCUT2D eigenvalue weighted by Gasteiger charge is 2.51. The van der Waals surface area contributed by atoms with Crippen LogP contribution in [-0.2, 0) is 6.54 Å². The molecule has 0 bridgehead atoms. The first kappa shape index (κ1) is 25.5. The molecule has 3 saturated heterocycles. The SMILES string of the molecule is CNCCN(C)Cc1cccc(C2NC(NCC3CCCN(C)C3)C3CNN(C4CC4)C3N2C)c1. The molecule has 196 valence electrons. The van der Waals surface area contributed by atoms with E-state index in [4.69, 9.17) is 0 Å². The molecule has 3 aliphatic heterocycles. The Morgan fingerprint density at radius 2 is 2.03 bits per heavy atom. The van der Waals surface area contributed by atoms with Gasteiger partial charge in [0.1, 0.15) is 0 Å². The number of hydrazine groups is 1. The summed E-state index contributed by atoms with van der Waals surface area (Å²) in [4.78, 5) is 7.47. The molecule has 5 unspecified atom stereocenters. The Morgan fingerprint density at radius 3 is 2.80 bits per heavy atom. The van der Waals surface area contributed by atoms with Gasteiger partial charge in [0.15, 0.2) is 0 Å². The Morgan fingerprint density at radius 1 is 1.17 bits per heavy atom. The Labute approximate surface area is 212 Å². The van der Waals surface area contributed by atoms with E-state index in [2.05, 4.69) is 86.5 Å². The van der Waals surface area contributed by atoms with Crippen LogP contribution >= 0.6 is 0 Å². The predicted molar refractivity (Wildman–Crippen MR) is 142 cm³/mol. The number of rotatable bonds is 10. The van der Waals surface area contributed by atoms with Gasteiger partial charge in [-0.05, 0) is 77.5 Å². The lowest BCUT2D eigenvalue weighted by molar-refractivity contribution is -0.0496. The van der Waals surface area contributed by atoms with Gasteiger partial charge < -0.3 is 20.4 Å². The average molecular weight is 485 g/mol. The summed E-state index contributed by atoms with van der Waals surface area (Å²) < 4.78 is 0. The monoisotopic (exact) mass is 484 g/mol. The van der Waals surface area contributed by atoms with Crippen molar-refractivity contribution in [2.45, 2.75) is 56.8 Å². The van der Waals surface area contributed by atoms with Crippen molar-refractivity contribution in [2.75, 3.05) is 67.5 Å². The second kappa shape index (κ2) is 11.5. The molecule has 4 N–H and O–H groups in total. The average Bonchev–Trinajstić information content (AvgIpc) is 3.60. The highest BCUT2D eigenvalue weighted by atomic mass is 15.7. The van der Waals surface area contributed by atoms with Crippen molar-refractivity contribution in [3.63, 3.8) is 0 Å². The van der Waals surface area contributed by atoms with E-state index in [1.54, 1.807) is 0 Å². The zero-order valence-corrected chi connectivity index (χ0v) is 22.3. The van der Waals surface area contributed by atoms with Crippen molar-refractivity contribution >= 4 is 0 Å². The summed E-state index contributed by atoms with van der Waals surface area (Å²) in [5, 5.41) is 13.9. The number of benzene rings is 1. The lowest BCUT2D eigenvalue weighted by atomic mass is 9.94. The van der Waals surface area contributed by atoms with Crippen LogP contribution in [-0.4, -0.2) is 106 Å². The number of hydrogen-bond acceptors (Lipinski definition) is 8. The fourth-order valence-electron chi connectivity index (χ4n) is 6.50. The van der Waals surface area contributed by atoms with Crippen LogP contribution in [0.25, 0.3) is 0 Å². The van der Waals surface area contributed by atoms with E-state index in [9.17, 15) is 0 Å². The molecule has 4 aliphatic rings. The van der Waals surface area contributed by atoms with Gasteiger partial charge in [-0.15, -0.1) is 0 Å². The van der Waals surface area contributed by atoms with Crippen molar-refractivity contribution < 1.29 is 0 Å². The molecule has 0 amide bonds. The summed E-state index contributed by atoms with van der Waals surface area (Å²) in [7, 11) is 8.81.